The van der Waals surface area contributed by atoms with E-state index >= 15 is 0 Å². The van der Waals surface area contributed by atoms with E-state index in [1.165, 1.54) is 0 Å². The van der Waals surface area contributed by atoms with E-state index in [-0.39, 0.29) is 6.10 Å². The maximum atomic E-state index is 5.80. The van der Waals surface area contributed by atoms with Gasteiger partial charge in [0.05, 0.1) is 12.6 Å². The lowest BCUT2D eigenvalue weighted by molar-refractivity contribution is 0.0640. The van der Waals surface area contributed by atoms with E-state index < -0.39 is 0 Å². The molecule has 4 rings (SSSR count). The summed E-state index contributed by atoms with van der Waals surface area (Å²) in [5.74, 6) is 1.28. The Morgan fingerprint density at radius 1 is 1.28 bits per heavy atom. The molecule has 6 nitrogen and oxygen atoms in total. The van der Waals surface area contributed by atoms with Crippen LogP contribution in [0.3, 0.4) is 0 Å². The van der Waals surface area contributed by atoms with Crippen molar-refractivity contribution in [3.8, 4) is 11.4 Å². The maximum Gasteiger partial charge on any atom is 0.241 e. The number of nitrogens with zero attached hydrogens (tertiary/aromatic N) is 4. The lowest BCUT2D eigenvalue weighted by atomic mass is 10.2. The highest BCUT2D eigenvalue weighted by Crippen LogP contribution is 2.20. The third kappa shape index (κ3) is 4.31. The molecule has 1 aliphatic heterocycles. The second-order valence-electron chi connectivity index (χ2n) is 6.19. The largest absolute Gasteiger partial charge is 0.377 e. The van der Waals surface area contributed by atoms with Crippen molar-refractivity contribution in [3.05, 3.63) is 52.8 Å². The summed E-state index contributed by atoms with van der Waals surface area (Å²) in [6.07, 6.45) is 6.20. The Hall–Kier alpha value is -2.09. The average Bonchev–Trinajstić information content (AvgIpc) is 3.38. The molecule has 130 valence electrons. The first-order valence-electron chi connectivity index (χ1n) is 8.45. The normalized spacial score (nSPS) is 17.4. The standard InChI is InChI=1S/C18H20N4O2S/c1-3-14(9-19-6-1)10-22(11-16-4-2-7-23-16)12-17-20-18(21-24-17)15-5-8-25-13-15/h1,3,5-6,8-9,13,16H,2,4,7,10-12H2/t16-/m1/s1. The van der Waals surface area contributed by atoms with Gasteiger partial charge in [-0.05, 0) is 35.9 Å². The number of thiophene rings is 1. The zero-order valence-electron chi connectivity index (χ0n) is 13.9. The molecule has 1 aliphatic rings. The van der Waals surface area contributed by atoms with Crippen molar-refractivity contribution < 1.29 is 9.26 Å². The Balaban J connectivity index is 1.47. The van der Waals surface area contributed by atoms with Gasteiger partial charge in [0.25, 0.3) is 0 Å². The topological polar surface area (TPSA) is 64.3 Å². The van der Waals surface area contributed by atoms with E-state index in [1.807, 2.05) is 29.1 Å². The minimum absolute atomic E-state index is 0.274. The summed E-state index contributed by atoms with van der Waals surface area (Å²) in [6, 6.07) is 6.04. The van der Waals surface area contributed by atoms with Gasteiger partial charge in [0.2, 0.25) is 11.7 Å². The van der Waals surface area contributed by atoms with E-state index in [0.29, 0.717) is 18.3 Å². The number of aromatic nitrogens is 3. The molecule has 7 heteroatoms. The summed E-state index contributed by atoms with van der Waals surface area (Å²) in [4.78, 5) is 11.0. The van der Waals surface area contributed by atoms with Crippen molar-refractivity contribution in [2.45, 2.75) is 32.0 Å². The minimum atomic E-state index is 0.274. The van der Waals surface area contributed by atoms with Crippen LogP contribution in [0.15, 0.2) is 45.9 Å². The first kappa shape index (κ1) is 16.4. The second-order valence-corrected chi connectivity index (χ2v) is 6.97. The number of hydrogen-bond donors (Lipinski definition) is 0. The summed E-state index contributed by atoms with van der Waals surface area (Å²) < 4.78 is 11.3. The number of rotatable bonds is 7. The summed E-state index contributed by atoms with van der Waals surface area (Å²) in [6.45, 7) is 3.09. The van der Waals surface area contributed by atoms with Gasteiger partial charge in [0.15, 0.2) is 0 Å². The molecule has 3 aromatic heterocycles. The van der Waals surface area contributed by atoms with E-state index in [4.69, 9.17) is 9.26 Å². The Bertz CT molecular complexity index is 769. The zero-order valence-corrected chi connectivity index (χ0v) is 14.7. The van der Waals surface area contributed by atoms with Crippen molar-refractivity contribution in [2.75, 3.05) is 13.2 Å². The van der Waals surface area contributed by atoms with Crippen molar-refractivity contribution in [1.29, 1.82) is 0 Å². The van der Waals surface area contributed by atoms with Crippen LogP contribution in [0.4, 0.5) is 0 Å². The van der Waals surface area contributed by atoms with Crippen LogP contribution in [0.25, 0.3) is 11.4 Å². The Morgan fingerprint density at radius 2 is 2.28 bits per heavy atom. The molecule has 0 amide bonds. The molecule has 0 N–H and O–H groups in total. The van der Waals surface area contributed by atoms with Gasteiger partial charge in [0.1, 0.15) is 0 Å². The van der Waals surface area contributed by atoms with Crippen LogP contribution >= 0.6 is 11.3 Å². The van der Waals surface area contributed by atoms with Gasteiger partial charge >= 0.3 is 0 Å². The number of ether oxygens (including phenoxy) is 1. The summed E-state index contributed by atoms with van der Waals surface area (Å²) in [5, 5.41) is 8.13. The third-order valence-electron chi connectivity index (χ3n) is 4.22. The quantitative estimate of drug-likeness (QED) is 0.647. The maximum absolute atomic E-state index is 5.80. The lowest BCUT2D eigenvalue weighted by Gasteiger charge is -2.23. The molecule has 0 radical (unpaired) electrons. The third-order valence-corrected chi connectivity index (χ3v) is 4.90. The van der Waals surface area contributed by atoms with Crippen LogP contribution < -0.4 is 0 Å². The van der Waals surface area contributed by atoms with E-state index in [1.54, 1.807) is 17.5 Å². The molecule has 0 saturated carbocycles. The predicted octanol–water partition coefficient (Wildman–Crippen LogP) is 3.37. The Kier molecular flexibility index (Phi) is 5.15. The average molecular weight is 356 g/mol. The Labute approximate surface area is 150 Å². The van der Waals surface area contributed by atoms with Crippen LogP contribution in [0.2, 0.25) is 0 Å². The van der Waals surface area contributed by atoms with Crippen LogP contribution in [-0.4, -0.2) is 39.3 Å². The highest BCUT2D eigenvalue weighted by molar-refractivity contribution is 7.08. The number of hydrogen-bond acceptors (Lipinski definition) is 7. The number of pyridine rings is 1. The van der Waals surface area contributed by atoms with Crippen molar-refractivity contribution in [2.24, 2.45) is 0 Å². The molecule has 4 heterocycles. The minimum Gasteiger partial charge on any atom is -0.377 e. The van der Waals surface area contributed by atoms with Crippen molar-refractivity contribution in [3.63, 3.8) is 0 Å². The highest BCUT2D eigenvalue weighted by Gasteiger charge is 2.21. The molecule has 0 aliphatic carbocycles. The summed E-state index contributed by atoms with van der Waals surface area (Å²) in [5.41, 5.74) is 2.16. The molecule has 1 saturated heterocycles. The molecule has 0 bridgehead atoms. The SMILES string of the molecule is c1cncc(CN(Cc2nc(-c3ccsc3)no2)C[C@H]2CCCO2)c1. The van der Waals surface area contributed by atoms with E-state index in [2.05, 4.69) is 26.1 Å². The van der Waals surface area contributed by atoms with Crippen LogP contribution in [-0.2, 0) is 17.8 Å². The first-order valence-corrected chi connectivity index (χ1v) is 9.39. The van der Waals surface area contributed by atoms with Crippen molar-refractivity contribution >= 4 is 11.3 Å². The Morgan fingerprint density at radius 3 is 3.04 bits per heavy atom. The van der Waals surface area contributed by atoms with E-state index in [0.717, 1.165) is 43.7 Å². The van der Waals surface area contributed by atoms with Gasteiger partial charge in [-0.15, -0.1) is 0 Å². The molecule has 1 atom stereocenters. The summed E-state index contributed by atoms with van der Waals surface area (Å²) >= 11 is 1.63. The molecule has 0 spiro atoms. The zero-order chi connectivity index (χ0) is 16.9. The van der Waals surface area contributed by atoms with Crippen LogP contribution in [0, 0.1) is 0 Å². The highest BCUT2D eigenvalue weighted by atomic mass is 32.1. The molecule has 3 aromatic rings. The molecule has 25 heavy (non-hydrogen) atoms. The first-order chi connectivity index (χ1) is 12.4. The predicted molar refractivity (Wildman–Crippen MR) is 94.9 cm³/mol. The van der Waals surface area contributed by atoms with Gasteiger partial charge in [-0.25, -0.2) is 0 Å². The lowest BCUT2D eigenvalue weighted by Crippen LogP contribution is -2.31. The summed E-state index contributed by atoms with van der Waals surface area (Å²) in [7, 11) is 0. The molecular formula is C18H20N4O2S. The van der Waals surface area contributed by atoms with Gasteiger partial charge in [-0.2, -0.15) is 16.3 Å². The second kappa shape index (κ2) is 7.86. The molecule has 0 unspecified atom stereocenters. The fraction of sp³-hybridized carbons (Fsp3) is 0.389. The molecule has 0 aromatic carbocycles. The molecular weight excluding hydrogens is 336 g/mol. The van der Waals surface area contributed by atoms with Gasteiger partial charge in [-0.1, -0.05) is 11.2 Å². The van der Waals surface area contributed by atoms with Crippen LogP contribution in [0.1, 0.15) is 24.3 Å². The fourth-order valence-electron chi connectivity index (χ4n) is 3.03. The van der Waals surface area contributed by atoms with Crippen molar-refractivity contribution in [1.82, 2.24) is 20.0 Å². The fourth-order valence-corrected chi connectivity index (χ4v) is 3.66. The smallest absolute Gasteiger partial charge is 0.241 e. The van der Waals surface area contributed by atoms with Gasteiger partial charge in [0, 0.05) is 43.0 Å². The van der Waals surface area contributed by atoms with Crippen LogP contribution in [0.5, 0.6) is 0 Å². The molecule has 1 fully saturated rings. The van der Waals surface area contributed by atoms with E-state index in [9.17, 15) is 0 Å². The van der Waals surface area contributed by atoms with Gasteiger partial charge < -0.3 is 9.26 Å². The monoisotopic (exact) mass is 356 g/mol. The van der Waals surface area contributed by atoms with Gasteiger partial charge in [-0.3, -0.25) is 9.88 Å².